The second-order valence-corrected chi connectivity index (χ2v) is 7.49. The van der Waals surface area contributed by atoms with E-state index in [0.717, 1.165) is 11.2 Å². The van der Waals surface area contributed by atoms with Gasteiger partial charge in [0.15, 0.2) is 0 Å². The van der Waals surface area contributed by atoms with Crippen LogP contribution in [0.4, 0.5) is 0 Å². The number of phenolic OH excluding ortho intramolecular Hbond substituents is 1. The molecule has 0 aliphatic rings. The van der Waals surface area contributed by atoms with Crippen LogP contribution in [0.1, 0.15) is 16.1 Å². The van der Waals surface area contributed by atoms with Gasteiger partial charge in [-0.15, -0.1) is 0 Å². The van der Waals surface area contributed by atoms with E-state index in [1.807, 2.05) is 6.92 Å². The normalized spacial score (nSPS) is 13.7. The lowest BCUT2D eigenvalue weighted by atomic mass is 10.2. The number of nitrogens with zero attached hydrogens (tertiary/aromatic N) is 3. The number of imidazole rings is 1. The summed E-state index contributed by atoms with van der Waals surface area (Å²) in [6, 6.07) is 9.13. The number of carbonyl (C=O) groups is 1. The average molecular weight is 329 g/mol. The molecule has 0 aliphatic heterocycles. The number of aryl methyl sites for hydroxylation is 1. The molecule has 0 aliphatic carbocycles. The summed E-state index contributed by atoms with van der Waals surface area (Å²) in [5.41, 5.74) is 1.96. The molecule has 7 heteroatoms. The summed E-state index contributed by atoms with van der Waals surface area (Å²) in [5.74, 6) is -0.481. The Morgan fingerprint density at radius 2 is 1.96 bits per heavy atom. The monoisotopic (exact) mass is 329 g/mol. The zero-order valence-corrected chi connectivity index (χ0v) is 13.4. The molecule has 1 N–H and O–H groups in total. The highest BCUT2D eigenvalue weighted by Gasteiger charge is 2.12. The Morgan fingerprint density at radius 3 is 2.65 bits per heavy atom. The fraction of sp³-hybridized carbons (Fsp3) is 0.125. The highest BCUT2D eigenvalue weighted by molar-refractivity contribution is 7.93. The Balaban J connectivity index is 2.02. The smallest absolute Gasteiger partial charge is 0.285 e. The highest BCUT2D eigenvalue weighted by atomic mass is 32.2. The molecule has 0 fully saturated rings. The molecular weight excluding hydrogens is 314 g/mol. The SMILES string of the molecule is Cc1ncn2ccc(C(=O)N=S(C)(=O)c3ccc(O)cc3)cc12. The van der Waals surface area contributed by atoms with Crippen LogP contribution in [-0.4, -0.2) is 30.9 Å². The molecule has 0 radical (unpaired) electrons. The first-order valence-corrected chi connectivity index (χ1v) is 8.78. The van der Waals surface area contributed by atoms with Crippen molar-refractivity contribution in [1.82, 2.24) is 9.38 Å². The lowest BCUT2D eigenvalue weighted by Gasteiger charge is -2.05. The van der Waals surface area contributed by atoms with Crippen LogP contribution in [-0.2, 0) is 9.73 Å². The predicted octanol–water partition coefficient (Wildman–Crippen LogP) is 2.65. The number of hydrogen-bond donors (Lipinski definition) is 1. The molecule has 3 rings (SSSR count). The first-order valence-electron chi connectivity index (χ1n) is 6.86. The molecule has 118 valence electrons. The van der Waals surface area contributed by atoms with Crippen molar-refractivity contribution in [3.63, 3.8) is 0 Å². The molecule has 1 unspecified atom stereocenters. The maximum atomic E-state index is 12.7. The van der Waals surface area contributed by atoms with Gasteiger partial charge in [-0.3, -0.25) is 4.79 Å². The fourth-order valence-corrected chi connectivity index (χ4v) is 3.38. The van der Waals surface area contributed by atoms with Crippen molar-refractivity contribution < 1.29 is 14.1 Å². The topological polar surface area (TPSA) is 84.0 Å². The Hall–Kier alpha value is -2.67. The number of hydrogen-bond acceptors (Lipinski definition) is 4. The summed E-state index contributed by atoms with van der Waals surface area (Å²) in [6.07, 6.45) is 4.78. The molecule has 0 spiro atoms. The number of aromatic hydroxyl groups is 1. The summed E-state index contributed by atoms with van der Waals surface area (Å²) >= 11 is 0. The van der Waals surface area contributed by atoms with Crippen LogP contribution in [0.3, 0.4) is 0 Å². The molecule has 1 amide bonds. The molecule has 1 aromatic carbocycles. The molecule has 1 atom stereocenters. The minimum atomic E-state index is -2.88. The molecule has 23 heavy (non-hydrogen) atoms. The van der Waals surface area contributed by atoms with Crippen molar-refractivity contribution in [3.05, 3.63) is 60.2 Å². The van der Waals surface area contributed by atoms with Crippen LogP contribution in [0.15, 0.2) is 58.2 Å². The van der Waals surface area contributed by atoms with E-state index in [4.69, 9.17) is 0 Å². The zero-order chi connectivity index (χ0) is 16.6. The van der Waals surface area contributed by atoms with Gasteiger partial charge >= 0.3 is 0 Å². The highest BCUT2D eigenvalue weighted by Crippen LogP contribution is 2.18. The molecule has 0 saturated carbocycles. The number of fused-ring (bicyclic) bond motifs is 1. The van der Waals surface area contributed by atoms with Crippen LogP contribution in [0, 0.1) is 6.92 Å². The molecule has 3 aromatic rings. The van der Waals surface area contributed by atoms with Crippen molar-refractivity contribution >= 4 is 21.2 Å². The number of pyridine rings is 1. The minimum absolute atomic E-state index is 0.0666. The molecular formula is C16H15N3O3S. The quantitative estimate of drug-likeness (QED) is 0.783. The van der Waals surface area contributed by atoms with Gasteiger partial charge in [0.05, 0.1) is 27.3 Å². The summed E-state index contributed by atoms with van der Waals surface area (Å²) in [7, 11) is -2.88. The van der Waals surface area contributed by atoms with Crippen LogP contribution < -0.4 is 0 Å². The van der Waals surface area contributed by atoms with E-state index in [-0.39, 0.29) is 5.75 Å². The first kappa shape index (κ1) is 15.2. The number of rotatable bonds is 2. The van der Waals surface area contributed by atoms with E-state index in [1.165, 1.54) is 30.5 Å². The zero-order valence-electron chi connectivity index (χ0n) is 12.6. The number of amides is 1. The Kier molecular flexibility index (Phi) is 3.65. The van der Waals surface area contributed by atoms with E-state index in [0.29, 0.717) is 10.5 Å². The van der Waals surface area contributed by atoms with E-state index < -0.39 is 15.6 Å². The van der Waals surface area contributed by atoms with Crippen molar-refractivity contribution in [2.45, 2.75) is 11.8 Å². The molecule has 2 aromatic heterocycles. The Labute approximate surface area is 133 Å². The van der Waals surface area contributed by atoms with Gasteiger partial charge in [-0.05, 0) is 43.3 Å². The van der Waals surface area contributed by atoms with Gasteiger partial charge in [0, 0.05) is 22.9 Å². The van der Waals surface area contributed by atoms with Gasteiger partial charge in [-0.2, -0.15) is 4.36 Å². The molecule has 2 heterocycles. The summed E-state index contributed by atoms with van der Waals surface area (Å²) in [5, 5.41) is 9.29. The van der Waals surface area contributed by atoms with E-state index >= 15 is 0 Å². The standard InChI is InChI=1S/C16H15N3O3S/c1-11-15-9-12(7-8-19(15)10-17-11)16(21)18-23(2,22)14-5-3-13(20)4-6-14/h3-10,20H,1-2H3. The van der Waals surface area contributed by atoms with Crippen LogP contribution >= 0.6 is 0 Å². The number of aromatic nitrogens is 2. The lowest BCUT2D eigenvalue weighted by molar-refractivity contribution is 0.100. The third-order valence-corrected chi connectivity index (χ3v) is 5.17. The van der Waals surface area contributed by atoms with Crippen LogP contribution in [0.5, 0.6) is 5.75 Å². The average Bonchev–Trinajstić information content (AvgIpc) is 2.88. The van der Waals surface area contributed by atoms with Gasteiger partial charge in [0.1, 0.15) is 5.75 Å². The van der Waals surface area contributed by atoms with Gasteiger partial charge in [0.25, 0.3) is 5.91 Å². The Bertz CT molecular complexity index is 1010. The van der Waals surface area contributed by atoms with E-state index in [2.05, 4.69) is 9.35 Å². The number of benzene rings is 1. The van der Waals surface area contributed by atoms with Crippen molar-refractivity contribution in [3.8, 4) is 5.75 Å². The predicted molar refractivity (Wildman–Crippen MR) is 87.1 cm³/mol. The third kappa shape index (κ3) is 2.95. The van der Waals surface area contributed by atoms with Gasteiger partial charge < -0.3 is 9.51 Å². The number of phenols is 1. The van der Waals surface area contributed by atoms with Crippen molar-refractivity contribution in [2.24, 2.45) is 4.36 Å². The molecule has 0 saturated heterocycles. The number of carbonyl (C=O) groups excluding carboxylic acids is 1. The van der Waals surface area contributed by atoms with Crippen molar-refractivity contribution in [1.29, 1.82) is 0 Å². The summed E-state index contributed by atoms with van der Waals surface area (Å²) in [6.45, 7) is 1.85. The van der Waals surface area contributed by atoms with Crippen LogP contribution in [0.25, 0.3) is 5.52 Å². The van der Waals surface area contributed by atoms with Gasteiger partial charge in [0.2, 0.25) is 0 Å². The van der Waals surface area contributed by atoms with Crippen LogP contribution in [0.2, 0.25) is 0 Å². The lowest BCUT2D eigenvalue weighted by Crippen LogP contribution is -2.04. The van der Waals surface area contributed by atoms with Gasteiger partial charge in [-0.1, -0.05) is 0 Å². The molecule has 0 bridgehead atoms. The maximum absolute atomic E-state index is 12.7. The minimum Gasteiger partial charge on any atom is -0.508 e. The van der Waals surface area contributed by atoms with Gasteiger partial charge in [-0.25, -0.2) is 9.19 Å². The first-order chi connectivity index (χ1) is 10.9. The third-order valence-electron chi connectivity index (χ3n) is 3.51. The van der Waals surface area contributed by atoms with E-state index in [1.54, 1.807) is 29.1 Å². The summed E-state index contributed by atoms with van der Waals surface area (Å²) < 4.78 is 18.4. The molecule has 6 nitrogen and oxygen atoms in total. The fourth-order valence-electron chi connectivity index (χ4n) is 2.21. The second kappa shape index (κ2) is 5.51. The van der Waals surface area contributed by atoms with Crippen molar-refractivity contribution in [2.75, 3.05) is 6.26 Å². The largest absolute Gasteiger partial charge is 0.508 e. The summed E-state index contributed by atoms with van der Waals surface area (Å²) in [4.78, 5) is 16.9. The van der Waals surface area contributed by atoms with E-state index in [9.17, 15) is 14.1 Å². The maximum Gasteiger partial charge on any atom is 0.285 e. The Morgan fingerprint density at radius 1 is 1.26 bits per heavy atom. The second-order valence-electron chi connectivity index (χ2n) is 5.23.